The highest BCUT2D eigenvalue weighted by Gasteiger charge is 2.48. The number of urea groups is 1. The van der Waals surface area contributed by atoms with Gasteiger partial charge in [-0.2, -0.15) is 0 Å². The molecule has 6 heteroatoms. The fourth-order valence-electron chi connectivity index (χ4n) is 1.57. The van der Waals surface area contributed by atoms with Crippen molar-refractivity contribution >= 4 is 17.8 Å². The Morgan fingerprint density at radius 2 is 1.94 bits per heavy atom. The van der Waals surface area contributed by atoms with Crippen LogP contribution in [0.2, 0.25) is 0 Å². The number of nitrogens with one attached hydrogen (secondary N) is 1. The average molecular weight is 242 g/mol. The van der Waals surface area contributed by atoms with E-state index in [1.165, 1.54) is 13.8 Å². The fourth-order valence-corrected chi connectivity index (χ4v) is 1.57. The Morgan fingerprint density at radius 1 is 1.35 bits per heavy atom. The van der Waals surface area contributed by atoms with E-state index in [0.29, 0.717) is 6.61 Å². The molecule has 1 aliphatic rings. The van der Waals surface area contributed by atoms with Gasteiger partial charge < -0.3 is 4.74 Å². The molecule has 0 aromatic carbocycles. The highest BCUT2D eigenvalue weighted by molar-refractivity contribution is 6.18. The van der Waals surface area contributed by atoms with E-state index in [0.717, 1.165) is 4.90 Å². The number of rotatable bonds is 4. The maximum atomic E-state index is 12.1. The Labute approximate surface area is 100 Å². The van der Waals surface area contributed by atoms with Gasteiger partial charge in [-0.25, -0.2) is 4.79 Å². The molecule has 0 aromatic rings. The number of barbiturate groups is 1. The van der Waals surface area contributed by atoms with Gasteiger partial charge in [-0.15, -0.1) is 0 Å². The van der Waals surface area contributed by atoms with Gasteiger partial charge in [0, 0.05) is 6.61 Å². The normalized spacial score (nSPS) is 21.4. The highest BCUT2D eigenvalue weighted by atomic mass is 16.5. The molecule has 6 nitrogen and oxygen atoms in total. The molecule has 0 saturated carbocycles. The molecule has 1 saturated heterocycles. The summed E-state index contributed by atoms with van der Waals surface area (Å²) in [5.74, 6) is -1.05. The van der Waals surface area contributed by atoms with Crippen molar-refractivity contribution in [1.82, 2.24) is 10.2 Å². The summed E-state index contributed by atoms with van der Waals surface area (Å²) in [6, 6.07) is -1.07. The number of carbonyl (C=O) groups excluding carboxylic acids is 3. The van der Waals surface area contributed by atoms with E-state index in [4.69, 9.17) is 4.74 Å². The Bertz CT molecular complexity index is 351. The van der Waals surface area contributed by atoms with Crippen molar-refractivity contribution in [3.05, 3.63) is 0 Å². The molecule has 1 rings (SSSR count). The van der Waals surface area contributed by atoms with Crippen LogP contribution in [0.25, 0.3) is 0 Å². The lowest BCUT2D eigenvalue weighted by atomic mass is 9.88. The number of carbonyl (C=O) groups is 3. The monoisotopic (exact) mass is 242 g/mol. The molecule has 1 fully saturated rings. The quantitative estimate of drug-likeness (QED) is 0.729. The standard InChI is InChI=1S/C11H18N2O4/c1-5-17-6-7(2)13-9(15)11(3,4)8(14)12-10(13)16/h7H,5-6H2,1-4H3,(H,12,14,16). The average Bonchev–Trinajstić information content (AvgIpc) is 2.24. The molecule has 1 atom stereocenters. The van der Waals surface area contributed by atoms with Crippen molar-refractivity contribution < 1.29 is 19.1 Å². The van der Waals surface area contributed by atoms with Gasteiger partial charge in [0.2, 0.25) is 11.8 Å². The van der Waals surface area contributed by atoms with Crippen molar-refractivity contribution in [3.8, 4) is 0 Å². The lowest BCUT2D eigenvalue weighted by molar-refractivity contribution is -0.151. The van der Waals surface area contributed by atoms with Crippen LogP contribution in [0.15, 0.2) is 0 Å². The predicted octanol–water partition coefficient (Wildman–Crippen LogP) is 0.516. The second-order valence-corrected chi connectivity index (χ2v) is 4.57. The van der Waals surface area contributed by atoms with E-state index >= 15 is 0 Å². The topological polar surface area (TPSA) is 75.7 Å². The van der Waals surface area contributed by atoms with Crippen molar-refractivity contribution in [1.29, 1.82) is 0 Å². The molecular weight excluding hydrogens is 224 g/mol. The molecule has 0 spiro atoms. The smallest absolute Gasteiger partial charge is 0.331 e. The summed E-state index contributed by atoms with van der Waals surface area (Å²) >= 11 is 0. The van der Waals surface area contributed by atoms with Gasteiger partial charge in [0.25, 0.3) is 0 Å². The summed E-state index contributed by atoms with van der Waals surface area (Å²) in [6.07, 6.45) is 0. The molecule has 17 heavy (non-hydrogen) atoms. The van der Waals surface area contributed by atoms with Crippen LogP contribution in [-0.2, 0) is 14.3 Å². The first-order valence-corrected chi connectivity index (χ1v) is 5.59. The molecule has 1 N–H and O–H groups in total. The first kappa shape index (κ1) is 13.6. The molecule has 0 aliphatic carbocycles. The number of nitrogens with zero attached hydrogens (tertiary/aromatic N) is 1. The third-order valence-electron chi connectivity index (χ3n) is 2.76. The number of hydrogen-bond donors (Lipinski definition) is 1. The van der Waals surface area contributed by atoms with Crippen LogP contribution in [0.5, 0.6) is 0 Å². The summed E-state index contributed by atoms with van der Waals surface area (Å²) in [4.78, 5) is 36.2. The minimum absolute atomic E-state index is 0.264. The molecule has 96 valence electrons. The van der Waals surface area contributed by atoms with Crippen LogP contribution in [-0.4, -0.2) is 42.0 Å². The summed E-state index contributed by atoms with van der Waals surface area (Å²) in [7, 11) is 0. The maximum Gasteiger partial charge on any atom is 0.331 e. The SMILES string of the molecule is CCOCC(C)N1C(=O)NC(=O)C(C)(C)C1=O. The lowest BCUT2D eigenvalue weighted by Gasteiger charge is -2.37. The fraction of sp³-hybridized carbons (Fsp3) is 0.727. The summed E-state index contributed by atoms with van der Waals surface area (Å²) in [5, 5.41) is 2.18. The predicted molar refractivity (Wildman–Crippen MR) is 60.1 cm³/mol. The number of imide groups is 2. The van der Waals surface area contributed by atoms with Crippen molar-refractivity contribution in [2.75, 3.05) is 13.2 Å². The van der Waals surface area contributed by atoms with Gasteiger partial charge >= 0.3 is 6.03 Å². The Balaban J connectivity index is 2.87. The molecule has 1 heterocycles. The third kappa shape index (κ3) is 2.46. The van der Waals surface area contributed by atoms with Crippen LogP contribution >= 0.6 is 0 Å². The number of amides is 4. The molecule has 1 unspecified atom stereocenters. The van der Waals surface area contributed by atoms with E-state index in [1.807, 2.05) is 6.92 Å². The Kier molecular flexibility index (Phi) is 3.87. The zero-order valence-electron chi connectivity index (χ0n) is 10.6. The second kappa shape index (κ2) is 4.83. The minimum atomic E-state index is -1.21. The van der Waals surface area contributed by atoms with E-state index < -0.39 is 29.3 Å². The van der Waals surface area contributed by atoms with Crippen LogP contribution in [0.1, 0.15) is 27.7 Å². The molecular formula is C11H18N2O4. The van der Waals surface area contributed by atoms with Gasteiger partial charge in [0.1, 0.15) is 5.41 Å². The zero-order chi connectivity index (χ0) is 13.2. The van der Waals surface area contributed by atoms with Crippen LogP contribution in [0.4, 0.5) is 4.79 Å². The van der Waals surface area contributed by atoms with E-state index in [-0.39, 0.29) is 6.61 Å². The van der Waals surface area contributed by atoms with E-state index in [9.17, 15) is 14.4 Å². The van der Waals surface area contributed by atoms with Gasteiger partial charge in [0.05, 0.1) is 12.6 Å². The first-order valence-electron chi connectivity index (χ1n) is 5.59. The molecule has 1 aliphatic heterocycles. The van der Waals surface area contributed by atoms with Gasteiger partial charge in [-0.1, -0.05) is 0 Å². The zero-order valence-corrected chi connectivity index (χ0v) is 10.6. The van der Waals surface area contributed by atoms with Crippen molar-refractivity contribution in [3.63, 3.8) is 0 Å². The maximum absolute atomic E-state index is 12.1. The largest absolute Gasteiger partial charge is 0.380 e. The van der Waals surface area contributed by atoms with Crippen molar-refractivity contribution in [2.24, 2.45) is 5.41 Å². The second-order valence-electron chi connectivity index (χ2n) is 4.57. The molecule has 0 radical (unpaired) electrons. The summed E-state index contributed by atoms with van der Waals surface area (Å²) < 4.78 is 5.18. The third-order valence-corrected chi connectivity index (χ3v) is 2.76. The summed E-state index contributed by atoms with van der Waals surface area (Å²) in [5.41, 5.74) is -1.21. The first-order chi connectivity index (χ1) is 7.82. The number of ether oxygens (including phenoxy) is 1. The molecule has 0 bridgehead atoms. The number of hydrogen-bond acceptors (Lipinski definition) is 4. The Hall–Kier alpha value is -1.43. The van der Waals surface area contributed by atoms with Gasteiger partial charge in [0.15, 0.2) is 0 Å². The summed E-state index contributed by atoms with van der Waals surface area (Å²) in [6.45, 7) is 7.31. The minimum Gasteiger partial charge on any atom is -0.380 e. The Morgan fingerprint density at radius 3 is 2.47 bits per heavy atom. The molecule has 0 aromatic heterocycles. The highest BCUT2D eigenvalue weighted by Crippen LogP contribution is 2.24. The van der Waals surface area contributed by atoms with E-state index in [2.05, 4.69) is 5.32 Å². The van der Waals surface area contributed by atoms with Gasteiger partial charge in [-0.05, 0) is 27.7 Å². The lowest BCUT2D eigenvalue weighted by Crippen LogP contribution is -2.64. The van der Waals surface area contributed by atoms with Gasteiger partial charge in [-0.3, -0.25) is 19.8 Å². The van der Waals surface area contributed by atoms with Crippen molar-refractivity contribution in [2.45, 2.75) is 33.7 Å². The molecule has 4 amide bonds. The van der Waals surface area contributed by atoms with Crippen LogP contribution < -0.4 is 5.32 Å². The van der Waals surface area contributed by atoms with E-state index in [1.54, 1.807) is 6.92 Å². The van der Waals surface area contributed by atoms with Crippen LogP contribution in [0.3, 0.4) is 0 Å². The van der Waals surface area contributed by atoms with Crippen LogP contribution in [0, 0.1) is 5.41 Å².